The van der Waals surface area contributed by atoms with Crippen molar-refractivity contribution in [2.45, 2.75) is 13.0 Å². The van der Waals surface area contributed by atoms with Crippen molar-refractivity contribution in [2.24, 2.45) is 0 Å². The number of amides is 3. The SMILES string of the molecule is CC(O)c1ccc(-c2cnc3c(N4CCOCC4)nc(-c4ccc(NC(=O)Nc5ccc(C(=O)N(C)C)cc5)c(F)c4)nc3c2)o1. The minimum atomic E-state index is -0.756. The summed E-state index contributed by atoms with van der Waals surface area (Å²) in [5, 5.41) is 15.0. The second kappa shape index (κ2) is 12.9. The van der Waals surface area contributed by atoms with Gasteiger partial charge in [-0.05, 0) is 67.6 Å². The highest BCUT2D eigenvalue weighted by Crippen LogP contribution is 2.32. The molecule has 0 bridgehead atoms. The summed E-state index contributed by atoms with van der Waals surface area (Å²) >= 11 is 0. The topological polar surface area (TPSA) is 146 Å². The van der Waals surface area contributed by atoms with Crippen LogP contribution < -0.4 is 15.5 Å². The summed E-state index contributed by atoms with van der Waals surface area (Å²) in [5.74, 6) is 0.991. The van der Waals surface area contributed by atoms with E-state index in [1.165, 1.54) is 17.0 Å². The van der Waals surface area contributed by atoms with Crippen LogP contribution in [0.15, 0.2) is 71.3 Å². The lowest BCUT2D eigenvalue weighted by atomic mass is 10.1. The molecule has 5 aromatic rings. The first-order valence-corrected chi connectivity index (χ1v) is 14.6. The monoisotopic (exact) mass is 625 g/mol. The molecule has 2 aromatic carbocycles. The molecule has 236 valence electrons. The summed E-state index contributed by atoms with van der Waals surface area (Å²) in [7, 11) is 3.31. The molecule has 0 radical (unpaired) electrons. The van der Waals surface area contributed by atoms with Gasteiger partial charge in [0.15, 0.2) is 11.6 Å². The van der Waals surface area contributed by atoms with E-state index < -0.39 is 18.0 Å². The molecular weight excluding hydrogens is 593 g/mol. The van der Waals surface area contributed by atoms with Gasteiger partial charge in [0.25, 0.3) is 5.91 Å². The van der Waals surface area contributed by atoms with Crippen molar-refractivity contribution < 1.29 is 28.2 Å². The molecule has 0 spiro atoms. The van der Waals surface area contributed by atoms with Crippen LogP contribution in [0.5, 0.6) is 0 Å². The molecule has 13 heteroatoms. The van der Waals surface area contributed by atoms with Gasteiger partial charge in [-0.15, -0.1) is 0 Å². The number of morpholine rings is 1. The van der Waals surface area contributed by atoms with E-state index in [1.54, 1.807) is 69.7 Å². The van der Waals surface area contributed by atoms with Gasteiger partial charge in [0.1, 0.15) is 29.0 Å². The van der Waals surface area contributed by atoms with Crippen molar-refractivity contribution >= 4 is 40.2 Å². The lowest BCUT2D eigenvalue weighted by molar-refractivity contribution is 0.0827. The molecule has 1 atom stereocenters. The molecule has 46 heavy (non-hydrogen) atoms. The number of benzene rings is 2. The maximum Gasteiger partial charge on any atom is 0.323 e. The Kier molecular flexibility index (Phi) is 8.59. The van der Waals surface area contributed by atoms with Crippen LogP contribution in [0.4, 0.5) is 26.4 Å². The average Bonchev–Trinajstić information content (AvgIpc) is 3.56. The zero-order valence-corrected chi connectivity index (χ0v) is 25.5. The van der Waals surface area contributed by atoms with E-state index >= 15 is 4.39 Å². The molecule has 1 unspecified atom stereocenters. The number of hydrogen-bond acceptors (Lipinski definition) is 9. The van der Waals surface area contributed by atoms with Gasteiger partial charge in [0.05, 0.1) is 24.4 Å². The third-order valence-corrected chi connectivity index (χ3v) is 7.42. The fourth-order valence-corrected chi connectivity index (χ4v) is 4.99. The summed E-state index contributed by atoms with van der Waals surface area (Å²) in [6, 6.07) is 15.4. The Morgan fingerprint density at radius 3 is 2.41 bits per heavy atom. The van der Waals surface area contributed by atoms with Gasteiger partial charge < -0.3 is 34.7 Å². The number of carbonyl (C=O) groups excluding carboxylic acids is 2. The predicted octanol–water partition coefficient (Wildman–Crippen LogP) is 5.33. The van der Waals surface area contributed by atoms with Crippen molar-refractivity contribution in [1.29, 1.82) is 0 Å². The number of rotatable bonds is 7. The number of carbonyl (C=O) groups is 2. The third kappa shape index (κ3) is 6.50. The fraction of sp³-hybridized carbons (Fsp3) is 0.242. The van der Waals surface area contributed by atoms with Crippen LogP contribution in [0.25, 0.3) is 33.7 Å². The number of aliphatic hydroxyl groups is 1. The average molecular weight is 626 g/mol. The lowest BCUT2D eigenvalue weighted by Crippen LogP contribution is -2.37. The van der Waals surface area contributed by atoms with E-state index in [9.17, 15) is 14.7 Å². The van der Waals surface area contributed by atoms with Crippen molar-refractivity contribution in [2.75, 3.05) is 55.9 Å². The van der Waals surface area contributed by atoms with E-state index in [1.807, 2.05) is 6.07 Å². The molecule has 4 heterocycles. The predicted molar refractivity (Wildman–Crippen MR) is 171 cm³/mol. The summed E-state index contributed by atoms with van der Waals surface area (Å²) in [5.41, 5.74) is 3.04. The van der Waals surface area contributed by atoms with Crippen LogP contribution in [0, 0.1) is 5.82 Å². The number of fused-ring (bicyclic) bond motifs is 1. The molecular formula is C33H32FN7O5. The molecule has 0 aliphatic carbocycles. The second-order valence-corrected chi connectivity index (χ2v) is 11.0. The molecule has 1 saturated heterocycles. The quantitative estimate of drug-likeness (QED) is 0.219. The molecule has 1 fully saturated rings. The standard InChI is InChI=1S/C33H32FN7O5/c1-19(42)27-10-11-28(46-27)22-17-26-29(35-18-22)31(41-12-14-45-15-13-41)39-30(37-26)21-6-9-25(24(34)16-21)38-33(44)36-23-7-4-20(5-8-23)32(43)40(2)3/h4-11,16-19,42H,12-15H2,1-3H3,(H2,36,38,44). The summed E-state index contributed by atoms with van der Waals surface area (Å²) in [4.78, 5) is 42.4. The Morgan fingerprint density at radius 2 is 1.74 bits per heavy atom. The number of aliphatic hydroxyl groups excluding tert-OH is 1. The first kappa shape index (κ1) is 30.6. The first-order chi connectivity index (χ1) is 22.2. The van der Waals surface area contributed by atoms with Gasteiger partial charge in [0, 0.05) is 55.8 Å². The lowest BCUT2D eigenvalue weighted by Gasteiger charge is -2.28. The molecule has 1 aliphatic heterocycles. The van der Waals surface area contributed by atoms with Gasteiger partial charge in [0.2, 0.25) is 0 Å². The third-order valence-electron chi connectivity index (χ3n) is 7.42. The normalized spacial score (nSPS) is 13.8. The molecule has 3 aromatic heterocycles. The van der Waals surface area contributed by atoms with Crippen LogP contribution in [-0.2, 0) is 4.74 Å². The molecule has 12 nitrogen and oxygen atoms in total. The molecule has 1 aliphatic rings. The number of nitrogens with one attached hydrogen (secondary N) is 2. The molecule has 0 saturated carbocycles. The van der Waals surface area contributed by atoms with Crippen LogP contribution in [-0.4, -0.2) is 77.3 Å². The number of halogens is 1. The van der Waals surface area contributed by atoms with Crippen molar-refractivity contribution in [3.63, 3.8) is 0 Å². The minimum Gasteiger partial charge on any atom is -0.458 e. The smallest absolute Gasteiger partial charge is 0.323 e. The van der Waals surface area contributed by atoms with Crippen LogP contribution in [0.2, 0.25) is 0 Å². The Hall–Kier alpha value is -5.40. The van der Waals surface area contributed by atoms with Gasteiger partial charge >= 0.3 is 6.03 Å². The van der Waals surface area contributed by atoms with E-state index in [0.29, 0.717) is 77.1 Å². The van der Waals surface area contributed by atoms with Crippen molar-refractivity contribution in [3.8, 4) is 22.7 Å². The second-order valence-electron chi connectivity index (χ2n) is 11.0. The number of pyridine rings is 1. The number of nitrogens with zero attached hydrogens (tertiary/aromatic N) is 5. The zero-order chi connectivity index (χ0) is 32.4. The van der Waals surface area contributed by atoms with Gasteiger partial charge in [-0.1, -0.05) is 0 Å². The van der Waals surface area contributed by atoms with Gasteiger partial charge in [-0.25, -0.2) is 24.1 Å². The number of aromatic nitrogens is 3. The highest BCUT2D eigenvalue weighted by atomic mass is 19.1. The Bertz CT molecular complexity index is 1900. The molecule has 6 rings (SSSR count). The van der Waals surface area contributed by atoms with E-state index in [2.05, 4.69) is 20.5 Å². The molecule has 3 N–H and O–H groups in total. The summed E-state index contributed by atoms with van der Waals surface area (Å²) in [6.45, 7) is 3.89. The fourth-order valence-electron chi connectivity index (χ4n) is 4.99. The maximum absolute atomic E-state index is 15.4. The minimum absolute atomic E-state index is 0.0365. The number of hydrogen-bond donors (Lipinski definition) is 3. The van der Waals surface area contributed by atoms with Gasteiger partial charge in [-0.2, -0.15) is 0 Å². The summed E-state index contributed by atoms with van der Waals surface area (Å²) < 4.78 is 26.7. The number of ether oxygens (including phenoxy) is 1. The number of furan rings is 1. The van der Waals surface area contributed by atoms with E-state index in [4.69, 9.17) is 19.1 Å². The Morgan fingerprint density at radius 1 is 0.978 bits per heavy atom. The summed E-state index contributed by atoms with van der Waals surface area (Å²) in [6.07, 6.45) is 0.914. The largest absolute Gasteiger partial charge is 0.458 e. The van der Waals surface area contributed by atoms with E-state index in [0.717, 1.165) is 0 Å². The highest BCUT2D eigenvalue weighted by Gasteiger charge is 2.21. The zero-order valence-electron chi connectivity index (χ0n) is 25.5. The van der Waals surface area contributed by atoms with Crippen LogP contribution >= 0.6 is 0 Å². The van der Waals surface area contributed by atoms with E-state index in [-0.39, 0.29) is 17.4 Å². The number of urea groups is 1. The Balaban J connectivity index is 1.27. The maximum atomic E-state index is 15.4. The van der Waals surface area contributed by atoms with Crippen molar-refractivity contribution in [3.05, 3.63) is 84.0 Å². The highest BCUT2D eigenvalue weighted by molar-refractivity contribution is 6.00. The van der Waals surface area contributed by atoms with Crippen molar-refractivity contribution in [1.82, 2.24) is 19.9 Å². The molecule has 3 amide bonds. The first-order valence-electron chi connectivity index (χ1n) is 14.6. The number of anilines is 3. The van der Waals surface area contributed by atoms with Crippen LogP contribution in [0.1, 0.15) is 29.1 Å². The van der Waals surface area contributed by atoms with Gasteiger partial charge in [-0.3, -0.25) is 4.79 Å². The van der Waals surface area contributed by atoms with Crippen LogP contribution in [0.3, 0.4) is 0 Å². The Labute approximate surface area is 263 Å².